The lowest BCUT2D eigenvalue weighted by Gasteiger charge is -2.35. The van der Waals surface area contributed by atoms with Crippen molar-refractivity contribution in [1.29, 1.82) is 0 Å². The first-order valence-corrected chi connectivity index (χ1v) is 11.1. The molecule has 1 saturated heterocycles. The molecule has 31 heavy (non-hydrogen) atoms. The summed E-state index contributed by atoms with van der Waals surface area (Å²) in [5.74, 6) is 1.33. The molecule has 0 aliphatic carbocycles. The summed E-state index contributed by atoms with van der Waals surface area (Å²) in [4.78, 5) is 28.7. The number of nitrogens with zero attached hydrogens (tertiary/aromatic N) is 2. The third-order valence-electron chi connectivity index (χ3n) is 4.97. The number of amides is 2. The largest absolute Gasteiger partial charge is 0.490 e. The summed E-state index contributed by atoms with van der Waals surface area (Å²) >= 11 is 12.0. The van der Waals surface area contributed by atoms with E-state index in [-0.39, 0.29) is 11.8 Å². The van der Waals surface area contributed by atoms with Gasteiger partial charge in [-0.3, -0.25) is 9.59 Å². The maximum atomic E-state index is 12.7. The molecular weight excluding hydrogens is 439 g/mol. The van der Waals surface area contributed by atoms with E-state index >= 15 is 0 Å². The molecule has 0 spiro atoms. The Hall–Kier alpha value is -2.44. The Bertz CT molecular complexity index is 894. The van der Waals surface area contributed by atoms with Crippen LogP contribution in [0, 0.1) is 0 Å². The SMILES string of the molecule is CCOc1ccccc1OCCCC(=O)N1CCN(C(=O)c2cc(Cl)cc(Cl)c2)CC1. The molecule has 0 N–H and O–H groups in total. The van der Waals surface area contributed by atoms with Crippen molar-refractivity contribution in [2.75, 3.05) is 39.4 Å². The van der Waals surface area contributed by atoms with E-state index in [0.717, 1.165) is 0 Å². The molecule has 0 bridgehead atoms. The Morgan fingerprint density at radius 2 is 1.48 bits per heavy atom. The van der Waals surface area contributed by atoms with Crippen molar-refractivity contribution in [2.45, 2.75) is 19.8 Å². The fourth-order valence-corrected chi connectivity index (χ4v) is 3.95. The zero-order valence-electron chi connectivity index (χ0n) is 17.5. The van der Waals surface area contributed by atoms with Gasteiger partial charge in [0.05, 0.1) is 13.2 Å². The van der Waals surface area contributed by atoms with Gasteiger partial charge in [-0.1, -0.05) is 35.3 Å². The normalized spacial score (nSPS) is 13.8. The van der Waals surface area contributed by atoms with Crippen LogP contribution >= 0.6 is 23.2 Å². The summed E-state index contributed by atoms with van der Waals surface area (Å²) in [5.41, 5.74) is 0.460. The van der Waals surface area contributed by atoms with Gasteiger partial charge in [0.25, 0.3) is 5.91 Å². The number of ether oxygens (including phenoxy) is 2. The minimum atomic E-state index is -0.127. The Morgan fingerprint density at radius 3 is 2.10 bits per heavy atom. The predicted octanol–water partition coefficient (Wildman–Crippen LogP) is 4.54. The second-order valence-electron chi connectivity index (χ2n) is 7.16. The molecule has 2 aromatic carbocycles. The molecule has 0 atom stereocenters. The lowest BCUT2D eigenvalue weighted by molar-refractivity contribution is -0.132. The maximum absolute atomic E-state index is 12.7. The number of rotatable bonds is 8. The zero-order valence-corrected chi connectivity index (χ0v) is 19.0. The van der Waals surface area contributed by atoms with E-state index in [4.69, 9.17) is 32.7 Å². The molecule has 1 aliphatic heterocycles. The molecular formula is C23H26Cl2N2O4. The van der Waals surface area contributed by atoms with Gasteiger partial charge in [0.1, 0.15) is 0 Å². The Balaban J connectivity index is 1.42. The van der Waals surface area contributed by atoms with Gasteiger partial charge in [0.2, 0.25) is 5.91 Å². The average Bonchev–Trinajstić information content (AvgIpc) is 2.76. The van der Waals surface area contributed by atoms with Gasteiger partial charge in [-0.05, 0) is 43.7 Å². The molecule has 2 aromatic rings. The van der Waals surface area contributed by atoms with E-state index in [0.29, 0.717) is 79.3 Å². The maximum Gasteiger partial charge on any atom is 0.254 e. The Labute approximate surface area is 192 Å². The highest BCUT2D eigenvalue weighted by Crippen LogP contribution is 2.26. The highest BCUT2D eigenvalue weighted by molar-refractivity contribution is 6.35. The van der Waals surface area contributed by atoms with Crippen molar-refractivity contribution in [3.63, 3.8) is 0 Å². The van der Waals surface area contributed by atoms with Crippen LogP contribution in [0.5, 0.6) is 11.5 Å². The monoisotopic (exact) mass is 464 g/mol. The summed E-state index contributed by atoms with van der Waals surface area (Å²) < 4.78 is 11.3. The van der Waals surface area contributed by atoms with Gasteiger partial charge < -0.3 is 19.3 Å². The summed E-state index contributed by atoms with van der Waals surface area (Å²) in [6, 6.07) is 12.3. The van der Waals surface area contributed by atoms with Crippen LogP contribution in [0.15, 0.2) is 42.5 Å². The van der Waals surface area contributed by atoms with E-state index in [2.05, 4.69) is 0 Å². The fourth-order valence-electron chi connectivity index (χ4n) is 3.43. The number of hydrogen-bond donors (Lipinski definition) is 0. The van der Waals surface area contributed by atoms with Crippen LogP contribution in [0.2, 0.25) is 10.0 Å². The van der Waals surface area contributed by atoms with Crippen molar-refractivity contribution in [3.05, 3.63) is 58.1 Å². The van der Waals surface area contributed by atoms with Gasteiger partial charge in [0.15, 0.2) is 11.5 Å². The number of halogens is 2. The number of benzene rings is 2. The summed E-state index contributed by atoms with van der Waals surface area (Å²) in [5, 5.41) is 0.853. The molecule has 6 nitrogen and oxygen atoms in total. The second kappa shape index (κ2) is 11.3. The Morgan fingerprint density at radius 1 is 0.903 bits per heavy atom. The van der Waals surface area contributed by atoms with Gasteiger partial charge in [-0.2, -0.15) is 0 Å². The molecule has 8 heteroatoms. The van der Waals surface area contributed by atoms with Crippen molar-refractivity contribution in [2.24, 2.45) is 0 Å². The molecule has 166 valence electrons. The third kappa shape index (κ3) is 6.52. The first-order chi connectivity index (χ1) is 15.0. The number of para-hydroxylation sites is 2. The number of hydrogen-bond acceptors (Lipinski definition) is 4. The molecule has 0 radical (unpaired) electrons. The Kier molecular flexibility index (Phi) is 8.43. The average molecular weight is 465 g/mol. The molecule has 3 rings (SSSR count). The van der Waals surface area contributed by atoms with Crippen LogP contribution in [0.25, 0.3) is 0 Å². The van der Waals surface area contributed by atoms with Crippen molar-refractivity contribution >= 4 is 35.0 Å². The van der Waals surface area contributed by atoms with Crippen LogP contribution < -0.4 is 9.47 Å². The minimum Gasteiger partial charge on any atom is -0.490 e. The van der Waals surface area contributed by atoms with Gasteiger partial charge in [-0.25, -0.2) is 0 Å². The third-order valence-corrected chi connectivity index (χ3v) is 5.41. The van der Waals surface area contributed by atoms with Gasteiger partial charge in [0, 0.05) is 48.2 Å². The van der Waals surface area contributed by atoms with Crippen LogP contribution in [0.4, 0.5) is 0 Å². The second-order valence-corrected chi connectivity index (χ2v) is 8.04. The molecule has 1 aliphatic rings. The van der Waals surface area contributed by atoms with E-state index in [1.165, 1.54) is 0 Å². The standard InChI is InChI=1S/C23H26Cl2N2O4/c1-2-30-20-6-3-4-7-21(20)31-13-5-8-22(28)26-9-11-27(12-10-26)23(29)17-14-18(24)16-19(25)15-17/h3-4,6-7,14-16H,2,5,8-13H2,1H3. The van der Waals surface area contributed by atoms with E-state index in [9.17, 15) is 9.59 Å². The predicted molar refractivity (Wildman–Crippen MR) is 121 cm³/mol. The highest BCUT2D eigenvalue weighted by atomic mass is 35.5. The van der Waals surface area contributed by atoms with Crippen LogP contribution in [0.3, 0.4) is 0 Å². The van der Waals surface area contributed by atoms with Crippen molar-refractivity contribution in [3.8, 4) is 11.5 Å². The van der Waals surface area contributed by atoms with Gasteiger partial charge >= 0.3 is 0 Å². The van der Waals surface area contributed by atoms with E-state index < -0.39 is 0 Å². The van der Waals surface area contributed by atoms with Crippen LogP contribution in [-0.2, 0) is 4.79 Å². The highest BCUT2D eigenvalue weighted by Gasteiger charge is 2.25. The summed E-state index contributed by atoms with van der Waals surface area (Å²) in [6.45, 7) is 4.90. The topological polar surface area (TPSA) is 59.1 Å². The van der Waals surface area contributed by atoms with E-state index in [1.807, 2.05) is 31.2 Å². The van der Waals surface area contributed by atoms with E-state index in [1.54, 1.807) is 28.0 Å². The number of piperazine rings is 1. The summed E-state index contributed by atoms with van der Waals surface area (Å²) in [6.07, 6.45) is 1.01. The van der Waals surface area contributed by atoms with Crippen molar-refractivity contribution in [1.82, 2.24) is 9.80 Å². The first-order valence-electron chi connectivity index (χ1n) is 10.4. The van der Waals surface area contributed by atoms with Crippen LogP contribution in [-0.4, -0.2) is 61.0 Å². The molecule has 1 fully saturated rings. The minimum absolute atomic E-state index is 0.0691. The van der Waals surface area contributed by atoms with Gasteiger partial charge in [-0.15, -0.1) is 0 Å². The lowest BCUT2D eigenvalue weighted by Crippen LogP contribution is -2.50. The summed E-state index contributed by atoms with van der Waals surface area (Å²) in [7, 11) is 0. The quantitative estimate of drug-likeness (QED) is 0.538. The molecule has 2 amide bonds. The fraction of sp³-hybridized carbons (Fsp3) is 0.391. The molecule has 0 aromatic heterocycles. The molecule has 1 heterocycles. The van der Waals surface area contributed by atoms with Crippen LogP contribution in [0.1, 0.15) is 30.1 Å². The lowest BCUT2D eigenvalue weighted by atomic mass is 10.1. The van der Waals surface area contributed by atoms with Crippen molar-refractivity contribution < 1.29 is 19.1 Å². The molecule has 0 unspecified atom stereocenters. The number of carbonyl (C=O) groups is 2. The molecule has 0 saturated carbocycles. The smallest absolute Gasteiger partial charge is 0.254 e. The number of carbonyl (C=O) groups excluding carboxylic acids is 2. The first kappa shape index (κ1) is 23.2. The zero-order chi connectivity index (χ0) is 22.2.